The van der Waals surface area contributed by atoms with Crippen LogP contribution in [0, 0.1) is 0 Å². The van der Waals surface area contributed by atoms with Crippen molar-refractivity contribution in [2.75, 3.05) is 47.4 Å². The molecule has 0 radical (unpaired) electrons. The molecule has 0 aliphatic heterocycles. The molecule has 0 atom stereocenters. The van der Waals surface area contributed by atoms with Crippen LogP contribution in [0.2, 0.25) is 0 Å². The topological polar surface area (TPSA) is 92.7 Å². The Hall–Kier alpha value is -2.41. The third-order valence-electron chi connectivity index (χ3n) is 5.17. The lowest BCUT2D eigenvalue weighted by Crippen LogP contribution is -2.23. The predicted octanol–water partition coefficient (Wildman–Crippen LogP) is 3.66. The molecule has 0 unspecified atom stereocenters. The molecule has 0 aromatic heterocycles. The molecule has 0 spiro atoms. The molecule has 0 saturated carbocycles. The highest BCUT2D eigenvalue weighted by molar-refractivity contribution is 7.89. The number of benzene rings is 2. The summed E-state index contributed by atoms with van der Waals surface area (Å²) in [6.45, 7) is 11.7. The highest BCUT2D eigenvalue weighted by Crippen LogP contribution is 2.27. The number of rotatable bonds is 10. The Morgan fingerprint density at radius 3 is 1.31 bits per heavy atom. The van der Waals surface area contributed by atoms with Crippen LogP contribution in [0.1, 0.15) is 38.8 Å². The zero-order valence-electron chi connectivity index (χ0n) is 18.0. The lowest BCUT2D eigenvalue weighted by molar-refractivity contribution is 0.594. The van der Waals surface area contributed by atoms with Gasteiger partial charge in [-0.15, -0.1) is 0 Å². The van der Waals surface area contributed by atoms with Crippen molar-refractivity contribution in [2.24, 2.45) is 0 Å². The molecule has 0 bridgehead atoms. The summed E-state index contributed by atoms with van der Waals surface area (Å²) in [5.74, 6) is -0.0964. The van der Waals surface area contributed by atoms with Crippen LogP contribution in [0.15, 0.2) is 36.4 Å². The second-order valence-electron chi connectivity index (χ2n) is 7.16. The summed E-state index contributed by atoms with van der Waals surface area (Å²) in [7, 11) is -3.35. The van der Waals surface area contributed by atoms with Gasteiger partial charge in [0.15, 0.2) is 9.84 Å². The highest BCUT2D eigenvalue weighted by atomic mass is 32.2. The Balaban J connectivity index is 2.16. The standard InChI is InChI=1S/C22H34N4O2S/c1-5-25(6-2)21-11-9-17(13-19(21)23)15-29(27,28)16-18-10-12-22(20(24)14-18)26(7-3)8-4/h9-14H,5-8,15-16,23-24H2,1-4H3. The predicted molar refractivity (Wildman–Crippen MR) is 125 cm³/mol. The minimum atomic E-state index is -3.35. The van der Waals surface area contributed by atoms with E-state index in [1.54, 1.807) is 12.1 Å². The molecule has 160 valence electrons. The lowest BCUT2D eigenvalue weighted by Gasteiger charge is -2.23. The molecule has 29 heavy (non-hydrogen) atoms. The summed E-state index contributed by atoms with van der Waals surface area (Å²) in [5, 5.41) is 0. The van der Waals surface area contributed by atoms with Gasteiger partial charge in [0.25, 0.3) is 0 Å². The monoisotopic (exact) mass is 418 g/mol. The van der Waals surface area contributed by atoms with Gasteiger partial charge >= 0.3 is 0 Å². The van der Waals surface area contributed by atoms with Crippen molar-refractivity contribution in [1.29, 1.82) is 0 Å². The molecule has 0 fully saturated rings. The molecular weight excluding hydrogens is 384 g/mol. The van der Waals surface area contributed by atoms with Crippen LogP contribution in [0.3, 0.4) is 0 Å². The Morgan fingerprint density at radius 1 is 0.690 bits per heavy atom. The first-order valence-corrected chi connectivity index (χ1v) is 12.0. The first-order valence-electron chi connectivity index (χ1n) is 10.2. The quantitative estimate of drug-likeness (QED) is 0.572. The number of nitrogen functional groups attached to an aromatic ring is 2. The van der Waals surface area contributed by atoms with Crippen molar-refractivity contribution in [1.82, 2.24) is 0 Å². The molecule has 2 rings (SSSR count). The molecule has 2 aromatic carbocycles. The number of nitrogens with zero attached hydrogens (tertiary/aromatic N) is 2. The van der Waals surface area contributed by atoms with Crippen molar-refractivity contribution in [3.63, 3.8) is 0 Å². The van der Waals surface area contributed by atoms with Crippen LogP contribution >= 0.6 is 0 Å². The second kappa shape index (κ2) is 9.87. The summed E-state index contributed by atoms with van der Waals surface area (Å²) in [6.07, 6.45) is 0. The highest BCUT2D eigenvalue weighted by Gasteiger charge is 2.16. The van der Waals surface area contributed by atoms with Gasteiger partial charge in [0, 0.05) is 26.2 Å². The molecule has 4 N–H and O–H groups in total. The van der Waals surface area contributed by atoms with Gasteiger partial charge in [0.2, 0.25) is 0 Å². The van der Waals surface area contributed by atoms with E-state index in [9.17, 15) is 8.42 Å². The van der Waals surface area contributed by atoms with Crippen LogP contribution in [-0.4, -0.2) is 34.6 Å². The van der Waals surface area contributed by atoms with Gasteiger partial charge in [-0.3, -0.25) is 0 Å². The molecule has 0 aliphatic rings. The maximum Gasteiger partial charge on any atom is 0.158 e. The van der Waals surface area contributed by atoms with E-state index >= 15 is 0 Å². The zero-order valence-corrected chi connectivity index (χ0v) is 18.8. The summed E-state index contributed by atoms with van der Waals surface area (Å²) in [4.78, 5) is 4.29. The SMILES string of the molecule is CCN(CC)c1ccc(CS(=O)(=O)Cc2ccc(N(CC)CC)c(N)c2)cc1N. The number of sulfone groups is 1. The molecule has 0 aliphatic carbocycles. The Labute approximate surface area is 175 Å². The van der Waals surface area contributed by atoms with Crippen molar-refractivity contribution in [3.05, 3.63) is 47.5 Å². The van der Waals surface area contributed by atoms with Crippen LogP contribution in [0.5, 0.6) is 0 Å². The first-order chi connectivity index (χ1) is 13.7. The molecule has 0 amide bonds. The lowest BCUT2D eigenvalue weighted by atomic mass is 10.1. The fourth-order valence-corrected chi connectivity index (χ4v) is 5.13. The van der Waals surface area contributed by atoms with E-state index in [2.05, 4.69) is 37.5 Å². The number of anilines is 4. The number of hydrogen-bond acceptors (Lipinski definition) is 6. The normalized spacial score (nSPS) is 11.4. The van der Waals surface area contributed by atoms with Crippen LogP contribution in [0.4, 0.5) is 22.7 Å². The number of nitrogens with two attached hydrogens (primary N) is 2. The van der Waals surface area contributed by atoms with Gasteiger partial charge in [0.05, 0.1) is 34.3 Å². The summed E-state index contributed by atoms with van der Waals surface area (Å²) in [6, 6.07) is 11.0. The van der Waals surface area contributed by atoms with E-state index in [0.29, 0.717) is 22.5 Å². The van der Waals surface area contributed by atoms with Gasteiger partial charge in [-0.2, -0.15) is 0 Å². The maximum atomic E-state index is 12.8. The van der Waals surface area contributed by atoms with Crippen LogP contribution < -0.4 is 21.3 Å². The average Bonchev–Trinajstić information content (AvgIpc) is 2.66. The van der Waals surface area contributed by atoms with Crippen LogP contribution in [0.25, 0.3) is 0 Å². The van der Waals surface area contributed by atoms with Crippen molar-refractivity contribution < 1.29 is 8.42 Å². The van der Waals surface area contributed by atoms with Gasteiger partial charge < -0.3 is 21.3 Å². The van der Waals surface area contributed by atoms with E-state index in [-0.39, 0.29) is 11.5 Å². The van der Waals surface area contributed by atoms with E-state index in [4.69, 9.17) is 11.5 Å². The smallest absolute Gasteiger partial charge is 0.158 e. The third kappa shape index (κ3) is 5.79. The van der Waals surface area contributed by atoms with E-state index < -0.39 is 9.84 Å². The maximum absolute atomic E-state index is 12.8. The van der Waals surface area contributed by atoms with Crippen molar-refractivity contribution in [3.8, 4) is 0 Å². The largest absolute Gasteiger partial charge is 0.397 e. The van der Waals surface area contributed by atoms with E-state index in [1.165, 1.54) is 0 Å². The van der Waals surface area contributed by atoms with E-state index in [1.807, 2.05) is 24.3 Å². The van der Waals surface area contributed by atoms with Gasteiger partial charge in [-0.05, 0) is 63.1 Å². The first kappa shape index (κ1) is 22.9. The minimum absolute atomic E-state index is 0.0482. The fraction of sp³-hybridized carbons (Fsp3) is 0.455. The van der Waals surface area contributed by atoms with Gasteiger partial charge in [-0.1, -0.05) is 12.1 Å². The van der Waals surface area contributed by atoms with Crippen molar-refractivity contribution in [2.45, 2.75) is 39.2 Å². The van der Waals surface area contributed by atoms with E-state index in [0.717, 1.165) is 37.6 Å². The summed E-state index contributed by atoms with van der Waals surface area (Å²) < 4.78 is 25.5. The second-order valence-corrected chi connectivity index (χ2v) is 9.23. The molecule has 0 saturated heterocycles. The minimum Gasteiger partial charge on any atom is -0.397 e. The van der Waals surface area contributed by atoms with Crippen molar-refractivity contribution >= 4 is 32.6 Å². The van der Waals surface area contributed by atoms with Gasteiger partial charge in [0.1, 0.15) is 0 Å². The number of hydrogen-bond donors (Lipinski definition) is 2. The Bertz CT molecular complexity index is 851. The molecular formula is C22H34N4O2S. The zero-order chi connectivity index (χ0) is 21.6. The van der Waals surface area contributed by atoms with Gasteiger partial charge in [-0.25, -0.2) is 8.42 Å². The molecule has 0 heterocycles. The average molecular weight is 419 g/mol. The summed E-state index contributed by atoms with van der Waals surface area (Å²) in [5.41, 5.74) is 16.8. The third-order valence-corrected chi connectivity index (χ3v) is 6.71. The molecule has 6 nitrogen and oxygen atoms in total. The summed E-state index contributed by atoms with van der Waals surface area (Å²) >= 11 is 0. The Kier molecular flexibility index (Phi) is 7.79. The Morgan fingerprint density at radius 2 is 1.03 bits per heavy atom. The molecule has 7 heteroatoms. The van der Waals surface area contributed by atoms with Crippen LogP contribution in [-0.2, 0) is 21.3 Å². The molecule has 2 aromatic rings. The fourth-order valence-electron chi connectivity index (χ4n) is 3.65.